The Balaban J connectivity index is 1.39. The Labute approximate surface area is 188 Å². The van der Waals surface area contributed by atoms with E-state index < -0.39 is 5.41 Å². The second-order valence-corrected chi connectivity index (χ2v) is 8.59. The molecule has 0 spiro atoms. The van der Waals surface area contributed by atoms with Crippen LogP contribution in [0.15, 0.2) is 61.1 Å². The first-order chi connectivity index (χ1) is 15.5. The van der Waals surface area contributed by atoms with E-state index in [9.17, 15) is 4.79 Å². The Morgan fingerprint density at radius 2 is 1.81 bits per heavy atom. The molecule has 7 heteroatoms. The molecule has 0 aliphatic carbocycles. The number of benzene rings is 1. The fourth-order valence-corrected chi connectivity index (χ4v) is 4.11. The molecular weight excluding hydrogens is 402 g/mol. The summed E-state index contributed by atoms with van der Waals surface area (Å²) in [5, 5.41) is 3.20. The summed E-state index contributed by atoms with van der Waals surface area (Å²) >= 11 is 0. The number of piperidine rings is 1. The summed E-state index contributed by atoms with van der Waals surface area (Å²) in [7, 11) is 1.64. The number of hydrogen-bond donors (Lipinski definition) is 1. The average Bonchev–Trinajstić information content (AvgIpc) is 2.84. The maximum absolute atomic E-state index is 13.3. The number of aromatic nitrogens is 3. The van der Waals surface area contributed by atoms with Crippen LogP contribution in [0.2, 0.25) is 0 Å². The summed E-state index contributed by atoms with van der Waals surface area (Å²) < 4.78 is 5.24. The first kappa shape index (κ1) is 21.7. The van der Waals surface area contributed by atoms with Crippen molar-refractivity contribution in [1.29, 1.82) is 0 Å². The predicted molar refractivity (Wildman–Crippen MR) is 124 cm³/mol. The second-order valence-electron chi connectivity index (χ2n) is 8.59. The van der Waals surface area contributed by atoms with Crippen LogP contribution in [0.5, 0.6) is 5.75 Å². The zero-order chi connectivity index (χ0) is 22.6. The lowest BCUT2D eigenvalue weighted by atomic mass is 9.82. The van der Waals surface area contributed by atoms with Gasteiger partial charge in [0.05, 0.1) is 24.4 Å². The van der Waals surface area contributed by atoms with E-state index in [4.69, 9.17) is 9.72 Å². The Bertz CT molecular complexity index is 1050. The number of likely N-dealkylation sites (tertiary alicyclic amines) is 1. The first-order valence-corrected chi connectivity index (χ1v) is 10.9. The van der Waals surface area contributed by atoms with Crippen LogP contribution in [0.3, 0.4) is 0 Å². The number of methoxy groups -OCH3 is 1. The number of pyridine rings is 1. The van der Waals surface area contributed by atoms with Gasteiger partial charge >= 0.3 is 0 Å². The van der Waals surface area contributed by atoms with Gasteiger partial charge in [0.15, 0.2) is 0 Å². The maximum atomic E-state index is 13.3. The van der Waals surface area contributed by atoms with Crippen LogP contribution in [0, 0.1) is 0 Å². The number of nitrogens with one attached hydrogen (secondary N) is 1. The summed E-state index contributed by atoms with van der Waals surface area (Å²) in [6, 6.07) is 13.4. The largest absolute Gasteiger partial charge is 0.497 e. The minimum atomic E-state index is -0.592. The third-order valence-corrected chi connectivity index (χ3v) is 6.12. The third kappa shape index (κ3) is 4.72. The molecule has 3 aromatic rings. The van der Waals surface area contributed by atoms with Gasteiger partial charge in [-0.15, -0.1) is 0 Å². The number of carbonyl (C=O) groups is 1. The molecule has 0 unspecified atom stereocenters. The van der Waals surface area contributed by atoms with E-state index in [1.165, 1.54) is 0 Å². The fourth-order valence-electron chi connectivity index (χ4n) is 4.11. The standard InChI is InChI=1S/C25H29N5O2/c1-25(2,19-7-9-20(32-3)10-8-19)24(31)30-14-11-18(12-15-30)21-16-26-17-23(28-21)29-22-6-4-5-13-27-22/h4-10,13,16-18H,11-12,14-15H2,1-3H3,(H,27,28,29). The van der Waals surface area contributed by atoms with Crippen molar-refractivity contribution in [2.45, 2.75) is 38.0 Å². The van der Waals surface area contributed by atoms with Crippen LogP contribution in [-0.2, 0) is 10.2 Å². The molecule has 7 nitrogen and oxygen atoms in total. The van der Waals surface area contributed by atoms with E-state index in [1.54, 1.807) is 19.5 Å². The Kier molecular flexibility index (Phi) is 6.35. The summed E-state index contributed by atoms with van der Waals surface area (Å²) in [6.07, 6.45) is 7.00. The highest BCUT2D eigenvalue weighted by atomic mass is 16.5. The van der Waals surface area contributed by atoms with Gasteiger partial charge in [0.2, 0.25) is 5.91 Å². The van der Waals surface area contributed by atoms with E-state index in [0.717, 1.165) is 35.7 Å². The van der Waals surface area contributed by atoms with Crippen LogP contribution in [0.1, 0.15) is 43.9 Å². The molecule has 0 bridgehead atoms. The predicted octanol–water partition coefficient (Wildman–Crippen LogP) is 4.31. The number of nitrogens with zero attached hydrogens (tertiary/aromatic N) is 4. The van der Waals surface area contributed by atoms with Crippen molar-refractivity contribution < 1.29 is 9.53 Å². The van der Waals surface area contributed by atoms with Crippen molar-refractivity contribution >= 4 is 17.5 Å². The minimum absolute atomic E-state index is 0.151. The molecule has 1 saturated heterocycles. The Morgan fingerprint density at radius 1 is 1.06 bits per heavy atom. The SMILES string of the molecule is COc1ccc(C(C)(C)C(=O)N2CCC(c3cncc(Nc4ccccn4)n3)CC2)cc1. The van der Waals surface area contributed by atoms with Crippen LogP contribution >= 0.6 is 0 Å². The van der Waals surface area contributed by atoms with Crippen molar-refractivity contribution in [3.63, 3.8) is 0 Å². The van der Waals surface area contributed by atoms with Crippen molar-refractivity contribution in [1.82, 2.24) is 19.9 Å². The molecule has 0 radical (unpaired) electrons. The topological polar surface area (TPSA) is 80.2 Å². The quantitative estimate of drug-likeness (QED) is 0.627. The lowest BCUT2D eigenvalue weighted by Crippen LogP contribution is -2.46. The van der Waals surface area contributed by atoms with Crippen molar-refractivity contribution in [3.05, 3.63) is 72.3 Å². The molecule has 3 heterocycles. The number of amides is 1. The molecule has 4 rings (SSSR count). The van der Waals surface area contributed by atoms with Gasteiger partial charge in [-0.3, -0.25) is 9.78 Å². The first-order valence-electron chi connectivity index (χ1n) is 10.9. The van der Waals surface area contributed by atoms with Gasteiger partial charge in [0.1, 0.15) is 17.4 Å². The molecule has 1 fully saturated rings. The lowest BCUT2D eigenvalue weighted by Gasteiger charge is -2.37. The zero-order valence-corrected chi connectivity index (χ0v) is 18.8. The molecule has 1 aliphatic rings. The molecule has 1 aliphatic heterocycles. The highest BCUT2D eigenvalue weighted by Gasteiger charge is 2.36. The van der Waals surface area contributed by atoms with Crippen LogP contribution in [0.25, 0.3) is 0 Å². The van der Waals surface area contributed by atoms with Crippen LogP contribution < -0.4 is 10.1 Å². The monoisotopic (exact) mass is 431 g/mol. The molecule has 1 aromatic carbocycles. The highest BCUT2D eigenvalue weighted by molar-refractivity contribution is 5.87. The van der Waals surface area contributed by atoms with Gasteiger partial charge in [-0.1, -0.05) is 18.2 Å². The number of ether oxygens (including phenoxy) is 1. The molecule has 32 heavy (non-hydrogen) atoms. The van der Waals surface area contributed by atoms with E-state index >= 15 is 0 Å². The smallest absolute Gasteiger partial charge is 0.232 e. The molecule has 166 valence electrons. The minimum Gasteiger partial charge on any atom is -0.497 e. The second kappa shape index (κ2) is 9.34. The normalized spacial score (nSPS) is 14.8. The number of rotatable bonds is 6. The number of carbonyl (C=O) groups excluding carboxylic acids is 1. The van der Waals surface area contributed by atoms with Gasteiger partial charge in [-0.05, 0) is 56.5 Å². The van der Waals surface area contributed by atoms with Crippen LogP contribution in [-0.4, -0.2) is 46.0 Å². The van der Waals surface area contributed by atoms with Gasteiger partial charge in [-0.2, -0.15) is 0 Å². The lowest BCUT2D eigenvalue weighted by molar-refractivity contribution is -0.137. The Hall–Kier alpha value is -3.48. The van der Waals surface area contributed by atoms with E-state index in [2.05, 4.69) is 15.3 Å². The van der Waals surface area contributed by atoms with Gasteiger partial charge in [-0.25, -0.2) is 9.97 Å². The highest BCUT2D eigenvalue weighted by Crippen LogP contribution is 2.32. The maximum Gasteiger partial charge on any atom is 0.232 e. The number of hydrogen-bond acceptors (Lipinski definition) is 6. The van der Waals surface area contributed by atoms with Crippen molar-refractivity contribution in [2.24, 2.45) is 0 Å². The summed E-state index contributed by atoms with van der Waals surface area (Å²) in [4.78, 5) is 28.7. The summed E-state index contributed by atoms with van der Waals surface area (Å²) in [6.45, 7) is 5.40. The van der Waals surface area contributed by atoms with Crippen molar-refractivity contribution in [3.8, 4) is 5.75 Å². The molecular formula is C25H29N5O2. The molecule has 1 N–H and O–H groups in total. The van der Waals surface area contributed by atoms with Crippen LogP contribution in [0.4, 0.5) is 11.6 Å². The van der Waals surface area contributed by atoms with E-state index in [-0.39, 0.29) is 11.8 Å². The molecule has 2 aromatic heterocycles. The molecule has 1 amide bonds. The zero-order valence-electron chi connectivity index (χ0n) is 18.8. The molecule has 0 atom stereocenters. The molecule has 0 saturated carbocycles. The summed E-state index contributed by atoms with van der Waals surface area (Å²) in [5.41, 5.74) is 1.35. The van der Waals surface area contributed by atoms with E-state index in [1.807, 2.05) is 67.4 Å². The van der Waals surface area contributed by atoms with Gasteiger partial charge < -0.3 is 15.0 Å². The van der Waals surface area contributed by atoms with Gasteiger partial charge in [0.25, 0.3) is 0 Å². The average molecular weight is 432 g/mol. The summed E-state index contributed by atoms with van der Waals surface area (Å²) in [5.74, 6) is 2.64. The Morgan fingerprint density at radius 3 is 2.47 bits per heavy atom. The fraction of sp³-hybridized carbons (Fsp3) is 0.360. The number of anilines is 2. The third-order valence-electron chi connectivity index (χ3n) is 6.12. The van der Waals surface area contributed by atoms with Gasteiger partial charge in [0, 0.05) is 31.4 Å². The van der Waals surface area contributed by atoms with E-state index in [0.29, 0.717) is 18.9 Å². The van der Waals surface area contributed by atoms with Crippen molar-refractivity contribution in [2.75, 3.05) is 25.5 Å².